The zero-order chi connectivity index (χ0) is 10.8. The molecule has 0 spiro atoms. The Bertz CT molecular complexity index is 313. The van der Waals surface area contributed by atoms with E-state index in [9.17, 15) is 5.11 Å². The summed E-state index contributed by atoms with van der Waals surface area (Å²) in [7, 11) is 1.83. The second-order valence-electron chi connectivity index (χ2n) is 3.79. The lowest BCUT2D eigenvalue weighted by Gasteiger charge is -2.34. The Morgan fingerprint density at radius 1 is 1.43 bits per heavy atom. The van der Waals surface area contributed by atoms with Gasteiger partial charge in [-0.3, -0.25) is 0 Å². The number of aromatic nitrogens is 2. The molecule has 1 heterocycles. The van der Waals surface area contributed by atoms with E-state index < -0.39 is 5.54 Å². The lowest BCUT2D eigenvalue weighted by molar-refractivity contribution is 0.215. The molecule has 0 aliphatic carbocycles. The molecule has 78 valence electrons. The smallest absolute Gasteiger partial charge is 0.171 e. The van der Waals surface area contributed by atoms with Crippen molar-refractivity contribution in [3.63, 3.8) is 0 Å². The van der Waals surface area contributed by atoms with Gasteiger partial charge in [0.05, 0.1) is 12.1 Å². The molecule has 14 heavy (non-hydrogen) atoms. The van der Waals surface area contributed by atoms with Crippen LogP contribution in [0.15, 0.2) is 12.4 Å². The van der Waals surface area contributed by atoms with Crippen LogP contribution in [0.1, 0.15) is 13.8 Å². The van der Waals surface area contributed by atoms with Crippen molar-refractivity contribution >= 4 is 11.6 Å². The van der Waals surface area contributed by atoms with Crippen LogP contribution in [-0.4, -0.2) is 34.3 Å². The lowest BCUT2D eigenvalue weighted by Crippen LogP contribution is -2.45. The molecule has 3 N–H and O–H groups in total. The highest BCUT2D eigenvalue weighted by molar-refractivity contribution is 5.58. The SMILES string of the molecule is CN(c1nccnc1N)C(C)(C)CO. The summed E-state index contributed by atoms with van der Waals surface area (Å²) in [6.07, 6.45) is 3.12. The minimum atomic E-state index is -0.399. The summed E-state index contributed by atoms with van der Waals surface area (Å²) >= 11 is 0. The maximum Gasteiger partial charge on any atom is 0.171 e. The average Bonchev–Trinajstić information content (AvgIpc) is 2.17. The number of anilines is 2. The molecule has 0 radical (unpaired) electrons. The minimum absolute atomic E-state index is 0.0273. The Morgan fingerprint density at radius 2 is 2.00 bits per heavy atom. The van der Waals surface area contributed by atoms with Crippen molar-refractivity contribution in [2.24, 2.45) is 0 Å². The molecule has 0 aliphatic rings. The summed E-state index contributed by atoms with van der Waals surface area (Å²) in [6, 6.07) is 0. The first-order valence-electron chi connectivity index (χ1n) is 4.40. The fourth-order valence-electron chi connectivity index (χ4n) is 0.993. The zero-order valence-electron chi connectivity index (χ0n) is 8.73. The third-order valence-corrected chi connectivity index (χ3v) is 2.32. The minimum Gasteiger partial charge on any atom is -0.394 e. The van der Waals surface area contributed by atoms with Crippen LogP contribution < -0.4 is 10.6 Å². The highest BCUT2D eigenvalue weighted by Crippen LogP contribution is 2.22. The number of rotatable bonds is 3. The van der Waals surface area contributed by atoms with Crippen molar-refractivity contribution in [1.29, 1.82) is 0 Å². The lowest BCUT2D eigenvalue weighted by atomic mass is 10.1. The highest BCUT2D eigenvalue weighted by Gasteiger charge is 2.25. The molecular formula is C9H16N4O. The van der Waals surface area contributed by atoms with Gasteiger partial charge in [0.2, 0.25) is 0 Å². The van der Waals surface area contributed by atoms with E-state index in [-0.39, 0.29) is 6.61 Å². The average molecular weight is 196 g/mol. The van der Waals surface area contributed by atoms with Gasteiger partial charge >= 0.3 is 0 Å². The fraction of sp³-hybridized carbons (Fsp3) is 0.556. The van der Waals surface area contributed by atoms with E-state index >= 15 is 0 Å². The Morgan fingerprint density at radius 3 is 2.50 bits per heavy atom. The first kappa shape index (κ1) is 10.7. The summed E-state index contributed by atoms with van der Waals surface area (Å²) in [6.45, 7) is 3.84. The summed E-state index contributed by atoms with van der Waals surface area (Å²) in [5, 5.41) is 9.19. The number of nitrogens with two attached hydrogens (primary N) is 1. The van der Waals surface area contributed by atoms with Gasteiger partial charge in [-0.25, -0.2) is 9.97 Å². The third-order valence-electron chi connectivity index (χ3n) is 2.32. The Labute approximate surface area is 83.6 Å². The van der Waals surface area contributed by atoms with E-state index in [1.807, 2.05) is 25.8 Å². The van der Waals surface area contributed by atoms with Crippen LogP contribution in [0.2, 0.25) is 0 Å². The molecule has 1 aromatic heterocycles. The second-order valence-corrected chi connectivity index (χ2v) is 3.79. The number of hydrogen-bond donors (Lipinski definition) is 2. The maximum absolute atomic E-state index is 9.19. The molecule has 0 aliphatic heterocycles. The molecule has 0 unspecified atom stereocenters. The zero-order valence-corrected chi connectivity index (χ0v) is 8.73. The molecule has 1 rings (SSSR count). The van der Waals surface area contributed by atoms with E-state index in [2.05, 4.69) is 9.97 Å². The Balaban J connectivity index is 3.00. The molecule has 1 aromatic rings. The predicted octanol–water partition coefficient (Wildman–Crippen LogP) is 0.266. The molecule has 0 saturated carbocycles. The van der Waals surface area contributed by atoms with E-state index in [0.717, 1.165) is 0 Å². The number of hydrogen-bond acceptors (Lipinski definition) is 5. The van der Waals surface area contributed by atoms with Crippen LogP contribution in [0.25, 0.3) is 0 Å². The molecule has 0 saturated heterocycles. The maximum atomic E-state index is 9.19. The first-order chi connectivity index (χ1) is 6.49. The van der Waals surface area contributed by atoms with Gasteiger partial charge in [0.15, 0.2) is 11.6 Å². The van der Waals surface area contributed by atoms with Crippen LogP contribution in [0.4, 0.5) is 11.6 Å². The summed E-state index contributed by atoms with van der Waals surface area (Å²) < 4.78 is 0. The van der Waals surface area contributed by atoms with Crippen LogP contribution >= 0.6 is 0 Å². The third kappa shape index (κ3) is 1.93. The molecule has 0 aromatic carbocycles. The summed E-state index contributed by atoms with van der Waals surface area (Å²) in [4.78, 5) is 9.87. The molecule has 0 atom stereocenters. The van der Waals surface area contributed by atoms with E-state index in [0.29, 0.717) is 11.6 Å². The van der Waals surface area contributed by atoms with Crippen LogP contribution in [-0.2, 0) is 0 Å². The largest absolute Gasteiger partial charge is 0.394 e. The van der Waals surface area contributed by atoms with Gasteiger partial charge in [0, 0.05) is 19.4 Å². The van der Waals surface area contributed by atoms with Gasteiger partial charge in [-0.1, -0.05) is 0 Å². The van der Waals surface area contributed by atoms with E-state index in [4.69, 9.17) is 5.73 Å². The van der Waals surface area contributed by atoms with Crippen molar-refractivity contribution < 1.29 is 5.11 Å². The van der Waals surface area contributed by atoms with Gasteiger partial charge in [-0.2, -0.15) is 0 Å². The van der Waals surface area contributed by atoms with Crippen molar-refractivity contribution in [2.75, 3.05) is 24.3 Å². The van der Waals surface area contributed by atoms with Gasteiger partial charge in [0.25, 0.3) is 0 Å². The number of nitrogen functional groups attached to an aromatic ring is 1. The van der Waals surface area contributed by atoms with Gasteiger partial charge in [0.1, 0.15) is 0 Å². The van der Waals surface area contributed by atoms with Crippen molar-refractivity contribution in [3.05, 3.63) is 12.4 Å². The Hall–Kier alpha value is -1.36. The monoisotopic (exact) mass is 196 g/mol. The van der Waals surface area contributed by atoms with Crippen molar-refractivity contribution in [3.8, 4) is 0 Å². The number of aliphatic hydroxyl groups is 1. The predicted molar refractivity (Wildman–Crippen MR) is 56.0 cm³/mol. The van der Waals surface area contributed by atoms with Crippen LogP contribution in [0.5, 0.6) is 0 Å². The van der Waals surface area contributed by atoms with Gasteiger partial charge < -0.3 is 15.7 Å². The normalized spacial score (nSPS) is 11.4. The standard InChI is InChI=1S/C9H16N4O/c1-9(2,6-14)13(3)8-7(10)11-4-5-12-8/h4-5,14H,6H2,1-3H3,(H2,10,11). The molecule has 0 amide bonds. The first-order valence-corrected chi connectivity index (χ1v) is 4.40. The van der Waals surface area contributed by atoms with Crippen LogP contribution in [0.3, 0.4) is 0 Å². The fourth-order valence-corrected chi connectivity index (χ4v) is 0.993. The molecule has 5 heteroatoms. The second kappa shape index (κ2) is 3.79. The topological polar surface area (TPSA) is 75.3 Å². The number of nitrogens with zero attached hydrogens (tertiary/aromatic N) is 3. The van der Waals surface area contributed by atoms with E-state index in [1.165, 1.54) is 0 Å². The van der Waals surface area contributed by atoms with Crippen LogP contribution in [0, 0.1) is 0 Å². The van der Waals surface area contributed by atoms with Gasteiger partial charge in [-0.15, -0.1) is 0 Å². The summed E-state index contributed by atoms with van der Waals surface area (Å²) in [5.74, 6) is 0.961. The molecule has 5 nitrogen and oxygen atoms in total. The molecular weight excluding hydrogens is 180 g/mol. The quantitative estimate of drug-likeness (QED) is 0.725. The number of likely N-dealkylation sites (N-methyl/N-ethyl adjacent to an activating group) is 1. The van der Waals surface area contributed by atoms with Crippen molar-refractivity contribution in [2.45, 2.75) is 19.4 Å². The van der Waals surface area contributed by atoms with Gasteiger partial charge in [-0.05, 0) is 13.8 Å². The molecule has 0 fully saturated rings. The highest BCUT2D eigenvalue weighted by atomic mass is 16.3. The summed E-state index contributed by atoms with van der Waals surface area (Å²) in [5.41, 5.74) is 5.28. The number of aliphatic hydroxyl groups excluding tert-OH is 1. The van der Waals surface area contributed by atoms with E-state index in [1.54, 1.807) is 12.4 Å². The van der Waals surface area contributed by atoms with Crippen molar-refractivity contribution in [1.82, 2.24) is 9.97 Å². The Kier molecular flexibility index (Phi) is 2.90. The molecule has 0 bridgehead atoms.